The number of benzene rings is 1. The van der Waals surface area contributed by atoms with E-state index in [4.69, 9.17) is 0 Å². The Morgan fingerprint density at radius 1 is 1.14 bits per heavy atom. The van der Waals surface area contributed by atoms with E-state index in [-0.39, 0.29) is 30.6 Å². The molecule has 0 aromatic heterocycles. The minimum Gasteiger partial charge on any atom is -0.367 e. The van der Waals surface area contributed by atoms with Crippen LogP contribution >= 0.6 is 24.0 Å². The highest BCUT2D eigenvalue weighted by molar-refractivity contribution is 14.0. The molecule has 1 saturated carbocycles. The van der Waals surface area contributed by atoms with Gasteiger partial charge in [0.1, 0.15) is 6.61 Å². The second-order valence-corrected chi connectivity index (χ2v) is 7.61. The van der Waals surface area contributed by atoms with Crippen LogP contribution in [-0.2, 0) is 17.9 Å². The van der Waals surface area contributed by atoms with Crippen LogP contribution < -0.4 is 10.6 Å². The van der Waals surface area contributed by atoms with Crippen molar-refractivity contribution in [1.82, 2.24) is 15.5 Å². The number of aliphatic imine (C=N–C) groups is 1. The Balaban J connectivity index is 0.00000300. The fraction of sp³-hybridized carbons (Fsp3) is 0.650. The van der Waals surface area contributed by atoms with Crippen molar-refractivity contribution in [3.05, 3.63) is 35.4 Å². The second kappa shape index (κ2) is 11.4. The summed E-state index contributed by atoms with van der Waals surface area (Å²) in [5.41, 5.74) is 1.75. The maximum Gasteiger partial charge on any atom is 0.411 e. The highest BCUT2D eigenvalue weighted by Crippen LogP contribution is 2.31. The number of ether oxygens (including phenoxy) is 1. The van der Waals surface area contributed by atoms with Crippen molar-refractivity contribution in [2.24, 2.45) is 10.9 Å². The van der Waals surface area contributed by atoms with Crippen LogP contribution in [0, 0.1) is 5.92 Å². The molecule has 2 N–H and O–H groups in total. The first kappa shape index (κ1) is 24.2. The Kier molecular flexibility index (Phi) is 9.48. The Bertz CT molecular complexity index is 650. The van der Waals surface area contributed by atoms with E-state index >= 15 is 0 Å². The maximum atomic E-state index is 12.1. The smallest absolute Gasteiger partial charge is 0.367 e. The van der Waals surface area contributed by atoms with Gasteiger partial charge >= 0.3 is 6.18 Å². The zero-order valence-corrected chi connectivity index (χ0v) is 19.0. The molecule has 2 fully saturated rings. The summed E-state index contributed by atoms with van der Waals surface area (Å²) in [5, 5.41) is 6.68. The van der Waals surface area contributed by atoms with Crippen LogP contribution in [0.1, 0.15) is 30.4 Å². The highest BCUT2D eigenvalue weighted by atomic mass is 127. The number of nitrogens with zero attached hydrogens (tertiary/aromatic N) is 2. The molecule has 1 aromatic carbocycles. The number of hydrogen-bond donors (Lipinski definition) is 2. The Morgan fingerprint density at radius 2 is 1.83 bits per heavy atom. The Hall–Kier alpha value is -1.07. The van der Waals surface area contributed by atoms with E-state index in [1.807, 2.05) is 12.1 Å². The number of likely N-dealkylation sites (tertiary alicyclic amines) is 1. The van der Waals surface area contributed by atoms with Gasteiger partial charge in [-0.1, -0.05) is 24.3 Å². The molecule has 1 atom stereocenters. The molecule has 0 radical (unpaired) electrons. The van der Waals surface area contributed by atoms with Crippen LogP contribution in [0.15, 0.2) is 29.3 Å². The monoisotopic (exact) mass is 526 g/mol. The van der Waals surface area contributed by atoms with E-state index in [2.05, 4.69) is 25.3 Å². The molecular formula is C20H30F3IN4O. The number of nitrogens with one attached hydrogen (secondary N) is 2. The lowest BCUT2D eigenvalue weighted by Gasteiger charge is -2.17. The summed E-state index contributed by atoms with van der Waals surface area (Å²) < 4.78 is 41.0. The summed E-state index contributed by atoms with van der Waals surface area (Å²) in [6, 6.07) is 8.18. The molecule has 0 spiro atoms. The summed E-state index contributed by atoms with van der Waals surface area (Å²) in [7, 11) is 1.75. The van der Waals surface area contributed by atoms with Gasteiger partial charge in [-0.05, 0) is 42.9 Å². The van der Waals surface area contributed by atoms with Gasteiger partial charge in [-0.3, -0.25) is 4.99 Å². The van der Waals surface area contributed by atoms with E-state index < -0.39 is 12.8 Å². The third-order valence-corrected chi connectivity index (χ3v) is 5.18. The predicted octanol–water partition coefficient (Wildman–Crippen LogP) is 3.53. The summed E-state index contributed by atoms with van der Waals surface area (Å²) in [6.07, 6.45) is -0.340. The molecule has 5 nitrogen and oxygen atoms in total. The van der Waals surface area contributed by atoms with Gasteiger partial charge in [-0.15, -0.1) is 24.0 Å². The molecule has 3 rings (SSSR count). The molecule has 0 bridgehead atoms. The van der Waals surface area contributed by atoms with Crippen molar-refractivity contribution in [2.75, 3.05) is 33.3 Å². The van der Waals surface area contributed by atoms with Crippen molar-refractivity contribution in [2.45, 2.75) is 44.6 Å². The van der Waals surface area contributed by atoms with Crippen LogP contribution in [0.2, 0.25) is 0 Å². The third kappa shape index (κ3) is 8.67. The van der Waals surface area contributed by atoms with Crippen LogP contribution in [0.5, 0.6) is 0 Å². The van der Waals surface area contributed by atoms with Gasteiger partial charge in [0.05, 0.1) is 6.61 Å². The van der Waals surface area contributed by atoms with Gasteiger partial charge < -0.3 is 20.3 Å². The van der Waals surface area contributed by atoms with Gasteiger partial charge in [0.15, 0.2) is 5.96 Å². The van der Waals surface area contributed by atoms with Gasteiger partial charge in [-0.25, -0.2) is 0 Å². The molecule has 1 heterocycles. The van der Waals surface area contributed by atoms with Crippen LogP contribution in [0.25, 0.3) is 0 Å². The standard InChI is InChI=1S/C20H29F3N4O.HI/c1-24-19(26-11-17-8-9-27(12-17)18-6-7-18)25-10-15-2-4-16(5-3-15)13-28-14-20(21,22)23;/h2-5,17-18H,6-14H2,1H3,(H2,24,25,26);1H. The first-order valence-electron chi connectivity index (χ1n) is 9.84. The van der Waals surface area contributed by atoms with E-state index in [1.54, 1.807) is 19.2 Å². The first-order valence-corrected chi connectivity index (χ1v) is 9.84. The van der Waals surface area contributed by atoms with Crippen molar-refractivity contribution in [3.63, 3.8) is 0 Å². The topological polar surface area (TPSA) is 48.9 Å². The number of alkyl halides is 3. The molecule has 9 heteroatoms. The number of halogens is 4. The molecule has 164 valence electrons. The molecule has 1 saturated heterocycles. The summed E-state index contributed by atoms with van der Waals surface area (Å²) in [6.45, 7) is 2.63. The van der Waals surface area contributed by atoms with Crippen LogP contribution in [0.4, 0.5) is 13.2 Å². The molecule has 0 amide bonds. The maximum absolute atomic E-state index is 12.1. The van der Waals surface area contributed by atoms with Gasteiger partial charge in [0.2, 0.25) is 0 Å². The van der Waals surface area contributed by atoms with Gasteiger partial charge in [0, 0.05) is 32.7 Å². The highest BCUT2D eigenvalue weighted by Gasteiger charge is 2.34. The SMILES string of the molecule is CN=C(NCc1ccc(COCC(F)(F)F)cc1)NCC1CCN(C2CC2)C1.I. The summed E-state index contributed by atoms with van der Waals surface area (Å²) in [4.78, 5) is 6.87. The minimum absolute atomic E-state index is 0. The minimum atomic E-state index is -4.29. The normalized spacial score (nSPS) is 20.4. The number of hydrogen-bond acceptors (Lipinski definition) is 3. The lowest BCUT2D eigenvalue weighted by atomic mass is 10.1. The molecule has 1 aliphatic carbocycles. The molecule has 2 aliphatic rings. The van der Waals surface area contributed by atoms with Gasteiger partial charge in [-0.2, -0.15) is 13.2 Å². The van der Waals surface area contributed by atoms with Crippen LogP contribution in [-0.4, -0.2) is 56.4 Å². The Morgan fingerprint density at radius 3 is 2.45 bits per heavy atom. The lowest BCUT2D eigenvalue weighted by Crippen LogP contribution is -2.40. The zero-order chi connectivity index (χ0) is 20.0. The second-order valence-electron chi connectivity index (χ2n) is 7.61. The quantitative estimate of drug-likeness (QED) is 0.309. The van der Waals surface area contributed by atoms with Crippen LogP contribution in [0.3, 0.4) is 0 Å². The fourth-order valence-corrected chi connectivity index (χ4v) is 3.49. The van der Waals surface area contributed by atoms with E-state index in [9.17, 15) is 13.2 Å². The molecule has 1 unspecified atom stereocenters. The third-order valence-electron chi connectivity index (χ3n) is 5.18. The molecule has 1 aliphatic heterocycles. The average Bonchev–Trinajstić information content (AvgIpc) is 3.40. The fourth-order valence-electron chi connectivity index (χ4n) is 3.49. The number of guanidine groups is 1. The average molecular weight is 526 g/mol. The van der Waals surface area contributed by atoms with Crippen molar-refractivity contribution < 1.29 is 17.9 Å². The van der Waals surface area contributed by atoms with E-state index in [0.717, 1.165) is 29.7 Å². The number of rotatable bonds is 8. The lowest BCUT2D eigenvalue weighted by molar-refractivity contribution is -0.176. The molecule has 1 aromatic rings. The molecule has 29 heavy (non-hydrogen) atoms. The zero-order valence-electron chi connectivity index (χ0n) is 16.7. The largest absolute Gasteiger partial charge is 0.411 e. The van der Waals surface area contributed by atoms with Crippen molar-refractivity contribution in [3.8, 4) is 0 Å². The first-order chi connectivity index (χ1) is 13.4. The van der Waals surface area contributed by atoms with Crippen molar-refractivity contribution >= 4 is 29.9 Å². The van der Waals surface area contributed by atoms with E-state index in [0.29, 0.717) is 12.5 Å². The predicted molar refractivity (Wildman–Crippen MR) is 118 cm³/mol. The molecular weight excluding hydrogens is 496 g/mol. The van der Waals surface area contributed by atoms with Gasteiger partial charge in [0.25, 0.3) is 0 Å². The summed E-state index contributed by atoms with van der Waals surface area (Å²) in [5.74, 6) is 1.43. The summed E-state index contributed by atoms with van der Waals surface area (Å²) >= 11 is 0. The van der Waals surface area contributed by atoms with E-state index in [1.165, 1.54) is 32.4 Å². The Labute approximate surface area is 187 Å². The van der Waals surface area contributed by atoms with Crippen molar-refractivity contribution in [1.29, 1.82) is 0 Å².